The van der Waals surface area contributed by atoms with Crippen LogP contribution in [0.5, 0.6) is 0 Å². The van der Waals surface area contributed by atoms with Gasteiger partial charge in [0.25, 0.3) is 5.71 Å². The van der Waals surface area contributed by atoms with E-state index in [0.717, 1.165) is 31.3 Å². The van der Waals surface area contributed by atoms with Crippen molar-refractivity contribution in [1.82, 2.24) is 15.5 Å². The first-order valence-corrected chi connectivity index (χ1v) is 5.08. The summed E-state index contributed by atoms with van der Waals surface area (Å²) in [6.45, 7) is 1.96. The zero-order chi connectivity index (χ0) is 10.3. The van der Waals surface area contributed by atoms with Crippen molar-refractivity contribution in [2.75, 3.05) is 18.8 Å². The van der Waals surface area contributed by atoms with Gasteiger partial charge in [0.15, 0.2) is 5.82 Å². The SMILES string of the molecule is Nc1noc2ncc3c(c12)CCNCC3. The molecule has 0 saturated heterocycles. The van der Waals surface area contributed by atoms with Gasteiger partial charge in [0.05, 0.1) is 5.39 Å². The van der Waals surface area contributed by atoms with Crippen LogP contribution in [0.1, 0.15) is 11.1 Å². The van der Waals surface area contributed by atoms with Crippen molar-refractivity contribution in [2.24, 2.45) is 0 Å². The second-order valence-corrected chi connectivity index (χ2v) is 3.76. The minimum atomic E-state index is 0.455. The average molecular weight is 204 g/mol. The van der Waals surface area contributed by atoms with Gasteiger partial charge in [-0.05, 0) is 37.1 Å². The Hall–Kier alpha value is -1.62. The number of anilines is 1. The molecule has 0 aromatic carbocycles. The van der Waals surface area contributed by atoms with Gasteiger partial charge in [-0.1, -0.05) is 5.16 Å². The molecule has 3 rings (SSSR count). The third kappa shape index (κ3) is 1.27. The molecule has 3 heterocycles. The third-order valence-electron chi connectivity index (χ3n) is 2.85. The van der Waals surface area contributed by atoms with E-state index in [1.165, 1.54) is 11.1 Å². The summed E-state index contributed by atoms with van der Waals surface area (Å²) >= 11 is 0. The van der Waals surface area contributed by atoms with Crippen molar-refractivity contribution in [2.45, 2.75) is 12.8 Å². The molecule has 5 heteroatoms. The fourth-order valence-electron chi connectivity index (χ4n) is 2.10. The highest BCUT2D eigenvalue weighted by Crippen LogP contribution is 2.26. The van der Waals surface area contributed by atoms with Crippen LogP contribution >= 0.6 is 0 Å². The standard InChI is InChI=1S/C10H12N4O/c11-9-8-7-2-4-12-3-1-6(7)5-13-10(8)15-14-9/h5,12H,1-4H2,(H2,11,14). The van der Waals surface area contributed by atoms with Crippen LogP contribution in [0.25, 0.3) is 11.1 Å². The second kappa shape index (κ2) is 3.20. The first kappa shape index (κ1) is 8.67. The lowest BCUT2D eigenvalue weighted by molar-refractivity contribution is 0.452. The number of nitrogen functional groups attached to an aromatic ring is 1. The minimum Gasteiger partial charge on any atom is -0.380 e. The van der Waals surface area contributed by atoms with Crippen LogP contribution in [0.3, 0.4) is 0 Å². The molecule has 2 aromatic heterocycles. The fraction of sp³-hybridized carbons (Fsp3) is 0.400. The van der Waals surface area contributed by atoms with Gasteiger partial charge in [-0.25, -0.2) is 4.98 Å². The Morgan fingerprint density at radius 3 is 3.13 bits per heavy atom. The normalized spacial score (nSPS) is 16.3. The molecule has 0 bridgehead atoms. The summed E-state index contributed by atoms with van der Waals surface area (Å²) in [5.41, 5.74) is 8.83. The monoisotopic (exact) mass is 204 g/mol. The third-order valence-corrected chi connectivity index (χ3v) is 2.85. The molecule has 0 radical (unpaired) electrons. The molecule has 1 aliphatic rings. The van der Waals surface area contributed by atoms with Gasteiger partial charge in [-0.2, -0.15) is 0 Å². The molecule has 0 spiro atoms. The van der Waals surface area contributed by atoms with Crippen molar-refractivity contribution < 1.29 is 4.52 Å². The van der Waals surface area contributed by atoms with Crippen LogP contribution in [0, 0.1) is 0 Å². The summed E-state index contributed by atoms with van der Waals surface area (Å²) in [7, 11) is 0. The molecule has 5 nitrogen and oxygen atoms in total. The fourth-order valence-corrected chi connectivity index (χ4v) is 2.10. The van der Waals surface area contributed by atoms with E-state index in [1.54, 1.807) is 0 Å². The predicted molar refractivity (Wildman–Crippen MR) is 56.5 cm³/mol. The largest absolute Gasteiger partial charge is 0.380 e. The Morgan fingerprint density at radius 2 is 2.20 bits per heavy atom. The lowest BCUT2D eigenvalue weighted by atomic mass is 10.0. The Bertz CT molecular complexity index is 505. The Balaban J connectivity index is 2.30. The van der Waals surface area contributed by atoms with Crippen LogP contribution in [0.4, 0.5) is 5.82 Å². The van der Waals surface area contributed by atoms with Gasteiger partial charge in [0.1, 0.15) is 0 Å². The smallest absolute Gasteiger partial charge is 0.260 e. The Kier molecular flexibility index (Phi) is 1.85. The van der Waals surface area contributed by atoms with Gasteiger partial charge in [-0.3, -0.25) is 0 Å². The summed E-state index contributed by atoms with van der Waals surface area (Å²) in [6.07, 6.45) is 3.82. The van der Waals surface area contributed by atoms with Crippen molar-refractivity contribution in [3.8, 4) is 0 Å². The van der Waals surface area contributed by atoms with Crippen molar-refractivity contribution in [3.05, 3.63) is 17.3 Å². The van der Waals surface area contributed by atoms with E-state index < -0.39 is 0 Å². The van der Waals surface area contributed by atoms with Gasteiger partial charge in [0, 0.05) is 6.20 Å². The molecule has 2 aromatic rings. The van der Waals surface area contributed by atoms with E-state index in [1.807, 2.05) is 6.20 Å². The second-order valence-electron chi connectivity index (χ2n) is 3.76. The van der Waals surface area contributed by atoms with E-state index in [4.69, 9.17) is 10.3 Å². The molecule has 0 saturated carbocycles. The van der Waals surface area contributed by atoms with E-state index >= 15 is 0 Å². The maximum Gasteiger partial charge on any atom is 0.260 e. The highest BCUT2D eigenvalue weighted by molar-refractivity contribution is 5.88. The number of nitrogens with two attached hydrogens (primary N) is 1. The first-order valence-electron chi connectivity index (χ1n) is 5.08. The Labute approximate surface area is 86.6 Å². The van der Waals surface area contributed by atoms with E-state index in [0.29, 0.717) is 11.5 Å². The number of hydrogen-bond donors (Lipinski definition) is 2. The molecule has 78 valence electrons. The van der Waals surface area contributed by atoms with Gasteiger partial charge in [-0.15, -0.1) is 0 Å². The number of pyridine rings is 1. The highest BCUT2D eigenvalue weighted by Gasteiger charge is 2.16. The summed E-state index contributed by atoms with van der Waals surface area (Å²) < 4.78 is 5.05. The van der Waals surface area contributed by atoms with Crippen molar-refractivity contribution in [3.63, 3.8) is 0 Å². The Morgan fingerprint density at radius 1 is 1.33 bits per heavy atom. The van der Waals surface area contributed by atoms with E-state index in [9.17, 15) is 0 Å². The minimum absolute atomic E-state index is 0.455. The molecule has 0 aliphatic carbocycles. The molecule has 3 N–H and O–H groups in total. The van der Waals surface area contributed by atoms with Gasteiger partial charge in [0.2, 0.25) is 0 Å². The van der Waals surface area contributed by atoms with Crippen LogP contribution in [0.2, 0.25) is 0 Å². The summed E-state index contributed by atoms with van der Waals surface area (Å²) in [5, 5.41) is 8.00. The summed E-state index contributed by atoms with van der Waals surface area (Å²) in [6, 6.07) is 0. The molecule has 0 fully saturated rings. The lowest BCUT2D eigenvalue weighted by Gasteiger charge is -2.04. The number of fused-ring (bicyclic) bond motifs is 3. The van der Waals surface area contributed by atoms with Crippen LogP contribution in [0.15, 0.2) is 10.7 Å². The molecule has 0 unspecified atom stereocenters. The number of hydrogen-bond acceptors (Lipinski definition) is 5. The first-order chi connectivity index (χ1) is 7.36. The maximum absolute atomic E-state index is 5.79. The topological polar surface area (TPSA) is 77.0 Å². The van der Waals surface area contributed by atoms with Crippen LogP contribution in [-0.2, 0) is 12.8 Å². The van der Waals surface area contributed by atoms with Crippen molar-refractivity contribution in [1.29, 1.82) is 0 Å². The van der Waals surface area contributed by atoms with E-state index in [-0.39, 0.29) is 0 Å². The molecular formula is C10H12N4O. The number of aromatic nitrogens is 2. The zero-order valence-electron chi connectivity index (χ0n) is 8.29. The molecular weight excluding hydrogens is 192 g/mol. The molecule has 0 amide bonds. The predicted octanol–water partition coefficient (Wildman–Crippen LogP) is 0.493. The average Bonchev–Trinajstić information content (AvgIpc) is 2.51. The maximum atomic E-state index is 5.79. The lowest BCUT2D eigenvalue weighted by Crippen LogP contribution is -2.16. The number of nitrogens with zero attached hydrogens (tertiary/aromatic N) is 2. The molecule has 1 aliphatic heterocycles. The van der Waals surface area contributed by atoms with Gasteiger partial charge >= 0.3 is 0 Å². The van der Waals surface area contributed by atoms with Crippen LogP contribution < -0.4 is 11.1 Å². The summed E-state index contributed by atoms with van der Waals surface area (Å²) in [4.78, 5) is 4.22. The van der Waals surface area contributed by atoms with Crippen molar-refractivity contribution >= 4 is 16.9 Å². The molecule has 0 atom stereocenters. The summed E-state index contributed by atoms with van der Waals surface area (Å²) in [5.74, 6) is 0.455. The molecule has 15 heavy (non-hydrogen) atoms. The number of rotatable bonds is 0. The zero-order valence-corrected chi connectivity index (χ0v) is 8.29. The van der Waals surface area contributed by atoms with Gasteiger partial charge < -0.3 is 15.6 Å². The van der Waals surface area contributed by atoms with E-state index in [2.05, 4.69) is 15.5 Å². The highest BCUT2D eigenvalue weighted by atomic mass is 16.5. The number of nitrogens with one attached hydrogen (secondary N) is 1. The van der Waals surface area contributed by atoms with Crippen LogP contribution in [-0.4, -0.2) is 23.2 Å². The quantitative estimate of drug-likeness (QED) is 0.653.